The lowest BCUT2D eigenvalue weighted by molar-refractivity contribution is 1.01. The smallest absolute Gasteiger partial charge is 0.235 e. The topological polar surface area (TPSA) is 35.1 Å². The highest BCUT2D eigenvalue weighted by atomic mass is 15.2. The van der Waals surface area contributed by atoms with E-state index in [1.165, 1.54) is 70.6 Å². The van der Waals surface area contributed by atoms with Crippen molar-refractivity contribution in [3.8, 4) is 28.3 Å². The van der Waals surface area contributed by atoms with Gasteiger partial charge < -0.3 is 4.40 Å². The fourth-order valence-electron chi connectivity index (χ4n) is 9.87. The van der Waals surface area contributed by atoms with Gasteiger partial charge in [-0.1, -0.05) is 164 Å². The molecule has 13 rings (SSSR count). The summed E-state index contributed by atoms with van der Waals surface area (Å²) in [7, 11) is 0. The Morgan fingerprint density at radius 1 is 0.283 bits per heavy atom. The summed E-state index contributed by atoms with van der Waals surface area (Å²) in [6.45, 7) is 0. The number of rotatable bonds is 3. The van der Waals surface area contributed by atoms with Gasteiger partial charge >= 0.3 is 0 Å². The largest absolute Gasteiger partial charge is 0.308 e. The molecule has 4 heteroatoms. The third-order valence-electron chi connectivity index (χ3n) is 12.5. The minimum Gasteiger partial charge on any atom is -0.308 e. The lowest BCUT2D eigenvalue weighted by atomic mass is 9.99. The average Bonchev–Trinajstić information content (AvgIpc) is 3.84. The molecule has 9 aromatic carbocycles. The Balaban J connectivity index is 1.07. The van der Waals surface area contributed by atoms with Crippen LogP contribution in [-0.2, 0) is 0 Å². The third kappa shape index (κ3) is 4.73. The molecule has 13 aromatic rings. The summed E-state index contributed by atoms with van der Waals surface area (Å²) < 4.78 is 4.73. The van der Waals surface area contributed by atoms with Crippen molar-refractivity contribution in [2.75, 3.05) is 0 Å². The maximum absolute atomic E-state index is 5.29. The molecule has 0 unspecified atom stereocenters. The molecule has 0 saturated heterocycles. The lowest BCUT2D eigenvalue weighted by Gasteiger charge is -2.12. The molecule has 4 heterocycles. The van der Waals surface area contributed by atoms with Gasteiger partial charge in [0.15, 0.2) is 0 Å². The van der Waals surface area contributed by atoms with Gasteiger partial charge in [-0.05, 0) is 75.1 Å². The Labute approximate surface area is 344 Å². The van der Waals surface area contributed by atoms with Crippen LogP contribution in [0.15, 0.2) is 206 Å². The van der Waals surface area contributed by atoms with Crippen LogP contribution in [-0.4, -0.2) is 18.9 Å². The van der Waals surface area contributed by atoms with Crippen LogP contribution in [0.5, 0.6) is 0 Å². The highest BCUT2D eigenvalue weighted by Gasteiger charge is 2.19. The predicted octanol–water partition coefficient (Wildman–Crippen LogP) is 14.6. The Bertz CT molecular complexity index is 3950. The minimum atomic E-state index is 0.661. The zero-order chi connectivity index (χ0) is 39.3. The fraction of sp³-hybridized carbons (Fsp3) is 0. The summed E-state index contributed by atoms with van der Waals surface area (Å²) in [5, 5.41) is 13.2. The number of aromatic nitrogens is 4. The number of hydrogen-bond acceptors (Lipinski definition) is 2. The first-order valence-electron chi connectivity index (χ1n) is 20.5. The minimum absolute atomic E-state index is 0.661. The van der Waals surface area contributed by atoms with Crippen LogP contribution in [0.25, 0.3) is 121 Å². The van der Waals surface area contributed by atoms with Crippen LogP contribution in [0.2, 0.25) is 0 Å². The number of nitrogens with zero attached hydrogens (tertiary/aromatic N) is 4. The standard InChI is InChI=1S/C56H34N4/c1-2-15-35(16-3-1)54-46-23-8-11-26-49(46)57-56(58-54)60-51-28-13-10-22-43(51)47-33-36(30-32-53(47)60)37-29-31-52-48(34-37)45-25-14-24-44-41-20-7-5-18-39(41)38-17-4-6-19-40(38)42-21-9-12-27-50(42)59(52)55(44)45/h1-34H. The zero-order valence-electron chi connectivity index (χ0n) is 32.4. The fourth-order valence-corrected chi connectivity index (χ4v) is 9.87. The molecule has 0 spiro atoms. The molecule has 0 bridgehead atoms. The van der Waals surface area contributed by atoms with Gasteiger partial charge in [-0.2, -0.15) is 0 Å². The van der Waals surface area contributed by atoms with Crippen molar-refractivity contribution >= 4 is 92.3 Å². The SMILES string of the molecule is c1ccc(-c2nc(-n3c4ccccc4c4cc(-c5ccc6c(c5)c5cccc7c8ccccc8c8ccccc8c8ccccc8n6c75)ccc43)nc3ccccc23)cc1. The van der Waals surface area contributed by atoms with E-state index in [-0.39, 0.29) is 0 Å². The van der Waals surface area contributed by atoms with E-state index in [9.17, 15) is 0 Å². The van der Waals surface area contributed by atoms with E-state index < -0.39 is 0 Å². The molecular weight excluding hydrogens is 729 g/mol. The summed E-state index contributed by atoms with van der Waals surface area (Å²) >= 11 is 0. The molecule has 0 aliphatic carbocycles. The zero-order valence-corrected chi connectivity index (χ0v) is 32.4. The van der Waals surface area contributed by atoms with E-state index in [2.05, 4.69) is 203 Å². The van der Waals surface area contributed by atoms with Gasteiger partial charge in [0, 0.05) is 43.3 Å². The molecule has 0 aliphatic heterocycles. The van der Waals surface area contributed by atoms with Gasteiger partial charge in [0.05, 0.1) is 38.8 Å². The first kappa shape index (κ1) is 32.9. The van der Waals surface area contributed by atoms with Crippen LogP contribution < -0.4 is 0 Å². The first-order valence-corrected chi connectivity index (χ1v) is 20.5. The third-order valence-corrected chi connectivity index (χ3v) is 12.5. The highest BCUT2D eigenvalue weighted by molar-refractivity contribution is 6.25. The molecule has 4 aromatic heterocycles. The van der Waals surface area contributed by atoms with E-state index in [0.717, 1.165) is 44.1 Å². The molecule has 4 nitrogen and oxygen atoms in total. The van der Waals surface area contributed by atoms with E-state index >= 15 is 0 Å². The van der Waals surface area contributed by atoms with Crippen molar-refractivity contribution < 1.29 is 0 Å². The average molecular weight is 763 g/mol. The maximum Gasteiger partial charge on any atom is 0.235 e. The van der Waals surface area contributed by atoms with Crippen molar-refractivity contribution in [3.05, 3.63) is 206 Å². The van der Waals surface area contributed by atoms with E-state index in [1.807, 2.05) is 12.1 Å². The normalized spacial score (nSPS) is 12.0. The van der Waals surface area contributed by atoms with Gasteiger partial charge in [-0.15, -0.1) is 0 Å². The van der Waals surface area contributed by atoms with E-state index in [4.69, 9.17) is 9.97 Å². The van der Waals surface area contributed by atoms with Gasteiger partial charge in [0.1, 0.15) is 0 Å². The molecule has 0 fully saturated rings. The highest BCUT2D eigenvalue weighted by Crippen LogP contribution is 2.41. The molecule has 0 amide bonds. The van der Waals surface area contributed by atoms with Crippen molar-refractivity contribution in [1.82, 2.24) is 18.9 Å². The number of hydrogen-bond donors (Lipinski definition) is 0. The molecular formula is C56H34N4. The molecule has 60 heavy (non-hydrogen) atoms. The van der Waals surface area contributed by atoms with Crippen LogP contribution in [0.1, 0.15) is 0 Å². The van der Waals surface area contributed by atoms with Gasteiger partial charge in [0.25, 0.3) is 0 Å². The van der Waals surface area contributed by atoms with Crippen molar-refractivity contribution in [2.24, 2.45) is 0 Å². The van der Waals surface area contributed by atoms with Crippen LogP contribution in [0, 0.1) is 0 Å². The van der Waals surface area contributed by atoms with E-state index in [0.29, 0.717) is 5.95 Å². The lowest BCUT2D eigenvalue weighted by Crippen LogP contribution is -2.03. The second kappa shape index (κ2) is 12.7. The Hall–Kier alpha value is -8.08. The summed E-state index contributed by atoms with van der Waals surface area (Å²) in [6.07, 6.45) is 0. The van der Waals surface area contributed by atoms with Crippen LogP contribution >= 0.6 is 0 Å². The second-order valence-corrected chi connectivity index (χ2v) is 15.7. The predicted molar refractivity (Wildman–Crippen MR) is 252 cm³/mol. The monoisotopic (exact) mass is 762 g/mol. The first-order chi connectivity index (χ1) is 29.8. The summed E-state index contributed by atoms with van der Waals surface area (Å²) in [5.41, 5.74) is 11.0. The number of fused-ring (bicyclic) bond motifs is 14. The van der Waals surface area contributed by atoms with Gasteiger partial charge in [-0.3, -0.25) is 4.57 Å². The van der Waals surface area contributed by atoms with Crippen molar-refractivity contribution in [1.29, 1.82) is 0 Å². The molecule has 278 valence electrons. The van der Waals surface area contributed by atoms with Crippen molar-refractivity contribution in [3.63, 3.8) is 0 Å². The second-order valence-electron chi connectivity index (χ2n) is 15.7. The Kier molecular flexibility index (Phi) is 6.98. The molecule has 0 saturated carbocycles. The molecule has 0 atom stereocenters. The molecule has 0 radical (unpaired) electrons. The van der Waals surface area contributed by atoms with Crippen molar-refractivity contribution in [2.45, 2.75) is 0 Å². The quantitative estimate of drug-likeness (QED) is 0.180. The number of benzene rings is 9. The maximum atomic E-state index is 5.29. The summed E-state index contributed by atoms with van der Waals surface area (Å²) in [4.78, 5) is 10.5. The van der Waals surface area contributed by atoms with Gasteiger partial charge in [0.2, 0.25) is 5.95 Å². The Morgan fingerprint density at radius 2 is 0.733 bits per heavy atom. The van der Waals surface area contributed by atoms with Crippen LogP contribution in [0.4, 0.5) is 0 Å². The van der Waals surface area contributed by atoms with E-state index in [1.54, 1.807) is 0 Å². The summed E-state index contributed by atoms with van der Waals surface area (Å²) in [5.74, 6) is 0.661. The molecule has 0 aliphatic rings. The summed E-state index contributed by atoms with van der Waals surface area (Å²) in [6, 6.07) is 74.6. The Morgan fingerprint density at radius 3 is 1.43 bits per heavy atom. The van der Waals surface area contributed by atoms with Gasteiger partial charge in [-0.25, -0.2) is 9.97 Å². The van der Waals surface area contributed by atoms with Crippen LogP contribution in [0.3, 0.4) is 0 Å². The number of para-hydroxylation sites is 4. The molecule has 0 N–H and O–H groups in total.